The quantitative estimate of drug-likeness (QED) is 0.512. The van der Waals surface area contributed by atoms with Crippen LogP contribution in [0, 0.1) is 5.92 Å². The molecule has 4 rings (SSSR count). The molecule has 1 atom stereocenters. The number of hydrogen-bond donors (Lipinski definition) is 1. The second-order valence-corrected chi connectivity index (χ2v) is 11.0. The Morgan fingerprint density at radius 2 is 1.91 bits per heavy atom. The van der Waals surface area contributed by atoms with E-state index >= 15 is 0 Å². The fraction of sp³-hybridized carbons (Fsp3) is 0.333. The van der Waals surface area contributed by atoms with Gasteiger partial charge in [0.1, 0.15) is 11.5 Å². The van der Waals surface area contributed by atoms with Gasteiger partial charge in [0.05, 0.1) is 24.8 Å². The van der Waals surface area contributed by atoms with E-state index in [2.05, 4.69) is 17.2 Å². The standard InChI is InChI=1S/C24H27N3O5S2/c1-16-5-4-12-27(14-16)34(29,30)19-9-6-17(7-10-19)23(28)26-24-25-21(15-33-24)20-11-8-18(31-2)13-22(20)32-3/h6-11,13,15-16H,4-5,12,14H2,1-3H3,(H,25,26,28). The maximum atomic E-state index is 12.9. The SMILES string of the molecule is COc1ccc(-c2csc(NC(=O)c3ccc(S(=O)(=O)N4CCCC(C)C4)cc3)n2)c(OC)c1. The van der Waals surface area contributed by atoms with Crippen LogP contribution in [0.5, 0.6) is 11.5 Å². The number of nitrogens with zero attached hydrogens (tertiary/aromatic N) is 2. The van der Waals surface area contributed by atoms with Crippen molar-refractivity contribution in [3.05, 3.63) is 53.4 Å². The van der Waals surface area contributed by atoms with E-state index in [9.17, 15) is 13.2 Å². The number of carbonyl (C=O) groups is 1. The Labute approximate surface area is 203 Å². The van der Waals surface area contributed by atoms with Gasteiger partial charge in [0.2, 0.25) is 10.0 Å². The lowest BCUT2D eigenvalue weighted by molar-refractivity contribution is 0.102. The Balaban J connectivity index is 1.46. The van der Waals surface area contributed by atoms with Crippen molar-refractivity contribution >= 4 is 32.4 Å². The van der Waals surface area contributed by atoms with Crippen LogP contribution in [0.2, 0.25) is 0 Å². The molecule has 34 heavy (non-hydrogen) atoms. The molecule has 10 heteroatoms. The highest BCUT2D eigenvalue weighted by molar-refractivity contribution is 7.89. The molecule has 2 heterocycles. The first-order valence-corrected chi connectivity index (χ1v) is 13.2. The van der Waals surface area contributed by atoms with Gasteiger partial charge in [0.25, 0.3) is 5.91 Å². The summed E-state index contributed by atoms with van der Waals surface area (Å²) in [6.45, 7) is 3.11. The van der Waals surface area contributed by atoms with Gasteiger partial charge in [-0.05, 0) is 55.2 Å². The molecule has 1 amide bonds. The van der Waals surface area contributed by atoms with Gasteiger partial charge in [-0.1, -0.05) is 6.92 Å². The van der Waals surface area contributed by atoms with Crippen molar-refractivity contribution in [3.63, 3.8) is 0 Å². The van der Waals surface area contributed by atoms with Crippen molar-refractivity contribution in [1.29, 1.82) is 0 Å². The summed E-state index contributed by atoms with van der Waals surface area (Å²) in [6, 6.07) is 11.5. The number of hydrogen-bond acceptors (Lipinski definition) is 7. The third-order valence-electron chi connectivity index (χ3n) is 5.78. The van der Waals surface area contributed by atoms with E-state index in [0.717, 1.165) is 18.4 Å². The van der Waals surface area contributed by atoms with Gasteiger partial charge in [-0.15, -0.1) is 11.3 Å². The van der Waals surface area contributed by atoms with Crippen LogP contribution in [0.1, 0.15) is 30.1 Å². The summed E-state index contributed by atoms with van der Waals surface area (Å²) in [7, 11) is -0.408. The van der Waals surface area contributed by atoms with Crippen LogP contribution in [0.15, 0.2) is 52.7 Å². The van der Waals surface area contributed by atoms with Crippen LogP contribution in [-0.2, 0) is 10.0 Å². The largest absolute Gasteiger partial charge is 0.497 e. The highest BCUT2D eigenvalue weighted by Crippen LogP contribution is 2.35. The first-order chi connectivity index (χ1) is 16.3. The van der Waals surface area contributed by atoms with E-state index in [-0.39, 0.29) is 10.8 Å². The number of thiazole rings is 1. The lowest BCUT2D eigenvalue weighted by Crippen LogP contribution is -2.39. The topological polar surface area (TPSA) is 97.8 Å². The molecule has 1 fully saturated rings. The number of carbonyl (C=O) groups excluding carboxylic acids is 1. The van der Waals surface area contributed by atoms with Crippen molar-refractivity contribution in [2.45, 2.75) is 24.7 Å². The molecule has 2 aromatic carbocycles. The van der Waals surface area contributed by atoms with Crippen molar-refractivity contribution in [2.75, 3.05) is 32.6 Å². The molecule has 1 N–H and O–H groups in total. The fourth-order valence-electron chi connectivity index (χ4n) is 3.93. The molecule has 1 aliphatic heterocycles. The summed E-state index contributed by atoms with van der Waals surface area (Å²) in [6.07, 6.45) is 1.90. The highest BCUT2D eigenvalue weighted by atomic mass is 32.2. The second-order valence-electron chi connectivity index (χ2n) is 8.19. The number of benzene rings is 2. The number of aromatic nitrogens is 1. The lowest BCUT2D eigenvalue weighted by Gasteiger charge is -2.30. The zero-order valence-electron chi connectivity index (χ0n) is 19.3. The van der Waals surface area contributed by atoms with Gasteiger partial charge in [-0.3, -0.25) is 10.1 Å². The maximum absolute atomic E-state index is 12.9. The number of sulfonamides is 1. The van der Waals surface area contributed by atoms with Crippen molar-refractivity contribution < 1.29 is 22.7 Å². The number of anilines is 1. The molecular weight excluding hydrogens is 474 g/mol. The summed E-state index contributed by atoms with van der Waals surface area (Å²) in [5, 5.41) is 5.04. The molecule has 0 bridgehead atoms. The van der Waals surface area contributed by atoms with Crippen LogP contribution in [0.25, 0.3) is 11.3 Å². The Hall–Kier alpha value is -2.95. The summed E-state index contributed by atoms with van der Waals surface area (Å²) >= 11 is 1.29. The van der Waals surface area contributed by atoms with Crippen LogP contribution in [0.4, 0.5) is 5.13 Å². The van der Waals surface area contributed by atoms with Crippen LogP contribution in [0.3, 0.4) is 0 Å². The minimum Gasteiger partial charge on any atom is -0.497 e. The lowest BCUT2D eigenvalue weighted by atomic mass is 10.0. The molecule has 180 valence electrons. The maximum Gasteiger partial charge on any atom is 0.257 e. The van der Waals surface area contributed by atoms with Gasteiger partial charge >= 0.3 is 0 Å². The highest BCUT2D eigenvalue weighted by Gasteiger charge is 2.28. The second kappa shape index (κ2) is 10.1. The van der Waals surface area contributed by atoms with Crippen molar-refractivity contribution in [2.24, 2.45) is 5.92 Å². The minimum atomic E-state index is -3.56. The summed E-state index contributed by atoms with van der Waals surface area (Å²) in [4.78, 5) is 17.4. The smallest absolute Gasteiger partial charge is 0.257 e. The molecule has 0 spiro atoms. The first kappa shape index (κ1) is 24.2. The number of piperidine rings is 1. The minimum absolute atomic E-state index is 0.196. The number of ether oxygens (including phenoxy) is 2. The monoisotopic (exact) mass is 501 g/mol. The predicted octanol–water partition coefficient (Wildman–Crippen LogP) is 4.50. The number of rotatable bonds is 7. The molecule has 0 radical (unpaired) electrons. The van der Waals surface area contributed by atoms with E-state index in [4.69, 9.17) is 9.47 Å². The van der Waals surface area contributed by atoms with Gasteiger partial charge in [0, 0.05) is 35.7 Å². The molecule has 1 aliphatic rings. The van der Waals surface area contributed by atoms with Crippen LogP contribution in [-0.4, -0.2) is 50.9 Å². The van der Waals surface area contributed by atoms with Crippen molar-refractivity contribution in [3.8, 4) is 22.8 Å². The molecule has 3 aromatic rings. The molecule has 0 aliphatic carbocycles. The van der Waals surface area contributed by atoms with E-state index < -0.39 is 10.0 Å². The molecular formula is C24H27N3O5S2. The number of amides is 1. The van der Waals surface area contributed by atoms with E-state index in [0.29, 0.717) is 46.9 Å². The number of nitrogens with one attached hydrogen (secondary N) is 1. The van der Waals surface area contributed by atoms with Crippen LogP contribution < -0.4 is 14.8 Å². The zero-order chi connectivity index (χ0) is 24.3. The predicted molar refractivity (Wildman–Crippen MR) is 132 cm³/mol. The van der Waals surface area contributed by atoms with E-state index in [1.807, 2.05) is 17.5 Å². The molecule has 8 nitrogen and oxygen atoms in total. The Kier molecular flexibility index (Phi) is 7.20. The normalized spacial score (nSPS) is 16.7. The number of methoxy groups -OCH3 is 2. The Morgan fingerprint density at radius 3 is 2.59 bits per heavy atom. The fourth-order valence-corrected chi connectivity index (χ4v) is 6.23. The van der Waals surface area contributed by atoms with Gasteiger partial charge in [-0.25, -0.2) is 13.4 Å². The van der Waals surface area contributed by atoms with Gasteiger partial charge in [-0.2, -0.15) is 4.31 Å². The Bertz CT molecular complexity index is 1270. The van der Waals surface area contributed by atoms with Gasteiger partial charge in [0.15, 0.2) is 5.13 Å². The summed E-state index contributed by atoms with van der Waals surface area (Å²) in [5.41, 5.74) is 1.79. The van der Waals surface area contributed by atoms with E-state index in [1.165, 1.54) is 39.9 Å². The average molecular weight is 502 g/mol. The van der Waals surface area contributed by atoms with Gasteiger partial charge < -0.3 is 9.47 Å². The molecule has 1 unspecified atom stereocenters. The van der Waals surface area contributed by atoms with E-state index in [1.54, 1.807) is 20.3 Å². The summed E-state index contributed by atoms with van der Waals surface area (Å²) in [5.74, 6) is 1.26. The zero-order valence-corrected chi connectivity index (χ0v) is 20.9. The Morgan fingerprint density at radius 1 is 1.15 bits per heavy atom. The van der Waals surface area contributed by atoms with Crippen molar-refractivity contribution in [1.82, 2.24) is 9.29 Å². The molecule has 1 saturated heterocycles. The molecule has 1 aromatic heterocycles. The third-order valence-corrected chi connectivity index (χ3v) is 8.42. The molecule has 0 saturated carbocycles. The summed E-state index contributed by atoms with van der Waals surface area (Å²) < 4.78 is 38.1. The first-order valence-electron chi connectivity index (χ1n) is 10.9. The third kappa shape index (κ3) is 5.08. The average Bonchev–Trinajstić information content (AvgIpc) is 3.31. The van der Waals surface area contributed by atoms with Crippen LogP contribution >= 0.6 is 11.3 Å².